The molecule has 47 heavy (non-hydrogen) atoms. The molecule has 0 fully saturated rings. The molecule has 6 N–H and O–H groups in total. The van der Waals surface area contributed by atoms with Crippen molar-refractivity contribution >= 4 is 40.7 Å². The number of nitrogens with one attached hydrogen (secondary N) is 3. The van der Waals surface area contributed by atoms with Gasteiger partial charge in [-0.2, -0.15) is 0 Å². The smallest absolute Gasteiger partial charge is 0.355 e. The molecule has 0 spiro atoms. The monoisotopic (exact) mass is 655 g/mol. The molecule has 0 aliphatic carbocycles. The van der Waals surface area contributed by atoms with Crippen molar-refractivity contribution in [3.63, 3.8) is 0 Å². The molecular weight excluding hydrogens is 618 g/mol. The van der Waals surface area contributed by atoms with Gasteiger partial charge in [-0.25, -0.2) is 9.78 Å². The number of carbonyl (C=O) groups is 4. The van der Waals surface area contributed by atoms with Crippen LogP contribution in [0.4, 0.5) is 5.69 Å². The number of carboxylic acids is 1. The maximum atomic E-state index is 14.3. The molecule has 3 heterocycles. The third-order valence-electron chi connectivity index (χ3n) is 7.72. The predicted octanol–water partition coefficient (Wildman–Crippen LogP) is 5.03. The molecule has 1 aliphatic heterocycles. The number of aromatic nitrogens is 1. The zero-order valence-electron chi connectivity index (χ0n) is 26.3. The fourth-order valence-electron chi connectivity index (χ4n) is 5.35. The van der Waals surface area contributed by atoms with E-state index < -0.39 is 17.8 Å². The van der Waals surface area contributed by atoms with Gasteiger partial charge in [-0.1, -0.05) is 26.0 Å². The zero-order chi connectivity index (χ0) is 33.5. The number of carbonyl (C=O) groups excluding carboxylic acids is 3. The summed E-state index contributed by atoms with van der Waals surface area (Å²) in [6.45, 7) is 5.47. The molecule has 5 rings (SSSR count). The van der Waals surface area contributed by atoms with E-state index in [9.17, 15) is 24.3 Å². The first kappa shape index (κ1) is 33.3. The van der Waals surface area contributed by atoms with Crippen molar-refractivity contribution < 1.29 is 29.0 Å². The Labute approximate surface area is 276 Å². The minimum absolute atomic E-state index is 0.0293. The number of fused-ring (bicyclic) bond motifs is 3. The van der Waals surface area contributed by atoms with E-state index >= 15 is 0 Å². The number of carboxylic acid groups (broad SMARTS) is 1. The molecule has 0 saturated carbocycles. The summed E-state index contributed by atoms with van der Waals surface area (Å²) < 4.78 is 6.12. The van der Waals surface area contributed by atoms with Gasteiger partial charge in [0, 0.05) is 58.9 Å². The van der Waals surface area contributed by atoms with Crippen molar-refractivity contribution in [1.29, 1.82) is 0 Å². The molecule has 4 aromatic rings. The van der Waals surface area contributed by atoms with Gasteiger partial charge in [0.05, 0.1) is 13.0 Å². The molecule has 12 heteroatoms. The van der Waals surface area contributed by atoms with Crippen LogP contribution < -0.4 is 26.4 Å². The van der Waals surface area contributed by atoms with Gasteiger partial charge in [-0.15, -0.1) is 11.3 Å². The topological polar surface area (TPSA) is 173 Å². The fraction of sp³-hybridized carbons (Fsp3) is 0.286. The molecule has 2 aromatic heterocycles. The molecule has 0 atom stereocenters. The van der Waals surface area contributed by atoms with Crippen molar-refractivity contribution in [2.45, 2.75) is 46.1 Å². The number of hydrogen-bond donors (Lipinski definition) is 5. The lowest BCUT2D eigenvalue weighted by molar-refractivity contribution is -0.120. The van der Waals surface area contributed by atoms with Crippen LogP contribution >= 0.6 is 11.3 Å². The maximum Gasteiger partial charge on any atom is 0.355 e. The number of thiophene rings is 1. The normalized spacial score (nSPS) is 11.8. The van der Waals surface area contributed by atoms with Crippen LogP contribution in [0.3, 0.4) is 0 Å². The lowest BCUT2D eigenvalue weighted by atomic mass is 9.93. The van der Waals surface area contributed by atoms with E-state index in [2.05, 4.69) is 20.9 Å². The zero-order valence-corrected chi connectivity index (χ0v) is 27.1. The van der Waals surface area contributed by atoms with Crippen molar-refractivity contribution in [3.8, 4) is 27.3 Å². The van der Waals surface area contributed by atoms with Crippen LogP contribution in [0.15, 0.2) is 53.9 Å². The van der Waals surface area contributed by atoms with E-state index in [0.29, 0.717) is 55.1 Å². The van der Waals surface area contributed by atoms with Gasteiger partial charge in [-0.3, -0.25) is 14.4 Å². The Morgan fingerprint density at radius 2 is 1.72 bits per heavy atom. The van der Waals surface area contributed by atoms with Gasteiger partial charge >= 0.3 is 5.97 Å². The Kier molecular flexibility index (Phi) is 10.6. The molecule has 1 aliphatic rings. The summed E-state index contributed by atoms with van der Waals surface area (Å²) in [6.07, 6.45) is 2.19. The lowest BCUT2D eigenvalue weighted by Gasteiger charge is -2.18. The molecule has 0 radical (unpaired) electrons. The van der Waals surface area contributed by atoms with Gasteiger partial charge in [-0.05, 0) is 71.3 Å². The van der Waals surface area contributed by atoms with Crippen LogP contribution in [0.1, 0.15) is 74.7 Å². The lowest BCUT2D eigenvalue weighted by Crippen LogP contribution is -2.26. The average Bonchev–Trinajstić information content (AvgIpc) is 3.47. The van der Waals surface area contributed by atoms with Gasteiger partial charge in [0.25, 0.3) is 11.8 Å². The summed E-state index contributed by atoms with van der Waals surface area (Å²) in [5, 5.41) is 20.7. The molecule has 0 unspecified atom stereocenters. The van der Waals surface area contributed by atoms with E-state index in [-0.39, 0.29) is 47.0 Å². The van der Waals surface area contributed by atoms with Crippen LogP contribution in [0.5, 0.6) is 5.75 Å². The van der Waals surface area contributed by atoms with Crippen LogP contribution in [0, 0.1) is 0 Å². The largest absolute Gasteiger partial charge is 0.493 e. The molecule has 2 aromatic carbocycles. The predicted molar refractivity (Wildman–Crippen MR) is 181 cm³/mol. The van der Waals surface area contributed by atoms with Crippen molar-refractivity contribution in [3.05, 3.63) is 87.6 Å². The van der Waals surface area contributed by atoms with Gasteiger partial charge in [0.2, 0.25) is 5.91 Å². The van der Waals surface area contributed by atoms with Gasteiger partial charge in [0.15, 0.2) is 5.69 Å². The second-order valence-electron chi connectivity index (χ2n) is 11.1. The minimum atomic E-state index is -1.36. The van der Waals surface area contributed by atoms with Crippen molar-refractivity contribution in [2.75, 3.05) is 25.0 Å². The third-order valence-corrected chi connectivity index (χ3v) is 8.71. The molecule has 244 valence electrons. The summed E-state index contributed by atoms with van der Waals surface area (Å²) in [5.74, 6) is -2.07. The minimum Gasteiger partial charge on any atom is -0.493 e. The second-order valence-corrected chi connectivity index (χ2v) is 12.0. The number of anilines is 1. The number of rotatable bonds is 12. The highest BCUT2D eigenvalue weighted by molar-refractivity contribution is 7.13. The number of nitrogens with two attached hydrogens (primary N) is 1. The van der Waals surface area contributed by atoms with E-state index in [1.807, 2.05) is 25.3 Å². The first-order valence-electron chi connectivity index (χ1n) is 15.5. The van der Waals surface area contributed by atoms with Crippen molar-refractivity contribution in [1.82, 2.24) is 15.6 Å². The average molecular weight is 656 g/mol. The van der Waals surface area contributed by atoms with E-state index in [4.69, 9.17) is 10.5 Å². The Morgan fingerprint density at radius 3 is 2.47 bits per heavy atom. The molecule has 0 saturated heterocycles. The van der Waals surface area contributed by atoms with Crippen LogP contribution in [0.2, 0.25) is 0 Å². The highest BCUT2D eigenvalue weighted by Gasteiger charge is 2.27. The number of amides is 3. The molecule has 0 bridgehead atoms. The van der Waals surface area contributed by atoms with E-state index in [0.717, 1.165) is 22.4 Å². The third kappa shape index (κ3) is 7.50. The number of benzene rings is 2. The standard InChI is InChI=1S/C35H37N5O6S/c1-3-11-37-30(41)16-22-15-20(19-36)5-7-27(22)40-33(42)25-17-26-29(46-13-9-21-10-14-47-32(21)26)18-24(25)23-6-8-28(34(43)38-12-4-2)39-31(23)35(44)45/h5-8,10,14-15,17-18H,3-4,9,11-13,16,19,36H2,1-2H3,(H,37,41)(H,38,43)(H,40,42)(H,44,45). The first-order valence-corrected chi connectivity index (χ1v) is 16.4. The Balaban J connectivity index is 1.63. The summed E-state index contributed by atoms with van der Waals surface area (Å²) in [7, 11) is 0. The summed E-state index contributed by atoms with van der Waals surface area (Å²) in [4.78, 5) is 57.3. The quantitative estimate of drug-likeness (QED) is 0.141. The molecule has 11 nitrogen and oxygen atoms in total. The number of ether oxygens (including phenoxy) is 1. The van der Waals surface area contributed by atoms with Crippen LogP contribution in [-0.2, 0) is 24.2 Å². The highest BCUT2D eigenvalue weighted by Crippen LogP contribution is 2.43. The number of pyridine rings is 1. The van der Waals surface area contributed by atoms with Gasteiger partial charge < -0.3 is 31.5 Å². The Bertz CT molecular complexity index is 1840. The Hall–Kier alpha value is -5.07. The van der Waals surface area contributed by atoms with Gasteiger partial charge in [0.1, 0.15) is 11.4 Å². The molecule has 3 amide bonds. The number of hydrogen-bond acceptors (Lipinski definition) is 8. The number of aromatic carboxylic acids is 1. The highest BCUT2D eigenvalue weighted by atomic mass is 32.1. The van der Waals surface area contributed by atoms with E-state index in [1.54, 1.807) is 30.3 Å². The van der Waals surface area contributed by atoms with Crippen LogP contribution in [-0.4, -0.2) is 53.5 Å². The SMILES string of the molecule is CCCNC(=O)Cc1cc(CN)ccc1NC(=O)c1cc2c(cc1-c1ccc(C(=O)NCCC)nc1C(=O)O)OCCc1ccsc1-2. The maximum absolute atomic E-state index is 14.3. The molecular formula is C35H37N5O6S. The summed E-state index contributed by atoms with van der Waals surface area (Å²) >= 11 is 1.53. The number of nitrogens with zero attached hydrogens (tertiary/aromatic N) is 1. The second kappa shape index (κ2) is 15.0. The summed E-state index contributed by atoms with van der Waals surface area (Å²) in [6, 6.07) is 13.6. The van der Waals surface area contributed by atoms with Crippen molar-refractivity contribution in [2.24, 2.45) is 5.73 Å². The fourth-order valence-corrected chi connectivity index (χ4v) is 6.33. The van der Waals surface area contributed by atoms with Crippen LogP contribution in [0.25, 0.3) is 21.6 Å². The summed E-state index contributed by atoms with van der Waals surface area (Å²) in [5.41, 5.74) is 9.64. The van der Waals surface area contributed by atoms with E-state index in [1.165, 1.54) is 23.5 Å². The Morgan fingerprint density at radius 1 is 0.936 bits per heavy atom. The first-order chi connectivity index (χ1) is 22.7.